The standard InChI is InChI=1S/C30H60N2S/c1-4-7-9-11-13-15-17-22-27-31-30(24-6-3)32(33-29-25-20-19-21-26-29)28-23-18-16-14-12-10-8-5-2/h29H,4-28H2,1-3H3/b31-30+. The van der Waals surface area contributed by atoms with Crippen molar-refractivity contribution in [1.29, 1.82) is 0 Å². The van der Waals surface area contributed by atoms with Gasteiger partial charge in [0.05, 0.1) is 0 Å². The van der Waals surface area contributed by atoms with Gasteiger partial charge in [-0.25, -0.2) is 0 Å². The number of amidine groups is 1. The SMILES string of the molecule is CCCCCCCCCC/N=C(\CCC)N(CCCCCCCCCC)SC1CCCCC1. The van der Waals surface area contributed by atoms with E-state index in [2.05, 4.69) is 37.0 Å². The second-order valence-electron chi connectivity index (χ2n) is 10.5. The average molecular weight is 481 g/mol. The van der Waals surface area contributed by atoms with E-state index in [-0.39, 0.29) is 0 Å². The maximum atomic E-state index is 5.20. The first-order valence-electron chi connectivity index (χ1n) is 15.3. The molecule has 0 heterocycles. The van der Waals surface area contributed by atoms with Crippen LogP contribution in [0.25, 0.3) is 0 Å². The molecule has 0 atom stereocenters. The van der Waals surface area contributed by atoms with Crippen molar-refractivity contribution in [1.82, 2.24) is 4.31 Å². The van der Waals surface area contributed by atoms with Crippen LogP contribution in [0.3, 0.4) is 0 Å². The van der Waals surface area contributed by atoms with E-state index in [9.17, 15) is 0 Å². The Labute approximate surface area is 213 Å². The van der Waals surface area contributed by atoms with Crippen LogP contribution < -0.4 is 0 Å². The van der Waals surface area contributed by atoms with Crippen molar-refractivity contribution >= 4 is 17.8 Å². The van der Waals surface area contributed by atoms with Gasteiger partial charge in [0, 0.05) is 24.8 Å². The summed E-state index contributed by atoms with van der Waals surface area (Å²) in [5.74, 6) is 1.42. The smallest absolute Gasteiger partial charge is 0.109 e. The van der Waals surface area contributed by atoms with Crippen molar-refractivity contribution < 1.29 is 0 Å². The molecule has 196 valence electrons. The fourth-order valence-corrected chi connectivity index (χ4v) is 6.35. The number of rotatable bonds is 22. The van der Waals surface area contributed by atoms with Crippen molar-refractivity contribution in [2.75, 3.05) is 13.1 Å². The molecule has 0 saturated heterocycles. The molecule has 33 heavy (non-hydrogen) atoms. The van der Waals surface area contributed by atoms with Gasteiger partial charge < -0.3 is 4.31 Å². The van der Waals surface area contributed by atoms with Crippen LogP contribution in [0.4, 0.5) is 0 Å². The molecule has 0 aromatic carbocycles. The van der Waals surface area contributed by atoms with Gasteiger partial charge in [0.1, 0.15) is 5.84 Å². The third kappa shape index (κ3) is 17.8. The molecule has 0 amide bonds. The minimum Gasteiger partial charge on any atom is -0.304 e. The summed E-state index contributed by atoms with van der Waals surface area (Å²) < 4.78 is 2.67. The van der Waals surface area contributed by atoms with Gasteiger partial charge in [-0.1, -0.05) is 130 Å². The van der Waals surface area contributed by atoms with Gasteiger partial charge in [0.2, 0.25) is 0 Å². The zero-order valence-electron chi connectivity index (χ0n) is 23.1. The normalized spacial score (nSPS) is 15.3. The van der Waals surface area contributed by atoms with Crippen molar-refractivity contribution in [3.8, 4) is 0 Å². The molecule has 1 aliphatic carbocycles. The molecule has 0 N–H and O–H groups in total. The topological polar surface area (TPSA) is 15.6 Å². The van der Waals surface area contributed by atoms with E-state index in [1.165, 1.54) is 154 Å². The van der Waals surface area contributed by atoms with Crippen LogP contribution in [-0.4, -0.2) is 28.5 Å². The number of nitrogens with zero attached hydrogens (tertiary/aromatic N) is 2. The lowest BCUT2D eigenvalue weighted by molar-refractivity contribution is 0.499. The Balaban J connectivity index is 2.43. The zero-order chi connectivity index (χ0) is 23.8. The molecule has 0 aliphatic heterocycles. The monoisotopic (exact) mass is 480 g/mol. The predicted octanol–water partition coefficient (Wildman–Crippen LogP) is 10.7. The molecule has 1 rings (SSSR count). The number of hydrogen-bond donors (Lipinski definition) is 0. The lowest BCUT2D eigenvalue weighted by Gasteiger charge is -2.31. The Morgan fingerprint density at radius 1 is 0.636 bits per heavy atom. The molecule has 1 saturated carbocycles. The summed E-state index contributed by atoms with van der Waals surface area (Å²) >= 11 is 2.17. The van der Waals surface area contributed by atoms with Crippen molar-refractivity contribution in [3.05, 3.63) is 0 Å². The second kappa shape index (κ2) is 23.6. The first-order valence-corrected chi connectivity index (χ1v) is 16.1. The highest BCUT2D eigenvalue weighted by atomic mass is 32.2. The van der Waals surface area contributed by atoms with Gasteiger partial charge in [-0.05, 0) is 44.1 Å². The largest absolute Gasteiger partial charge is 0.304 e. The van der Waals surface area contributed by atoms with Gasteiger partial charge in [-0.15, -0.1) is 0 Å². The molecule has 1 fully saturated rings. The Bertz CT molecular complexity index is 431. The number of hydrogen-bond acceptors (Lipinski definition) is 2. The summed E-state index contributed by atoms with van der Waals surface area (Å²) in [6, 6.07) is 0. The molecule has 0 spiro atoms. The maximum Gasteiger partial charge on any atom is 0.109 e. The zero-order valence-corrected chi connectivity index (χ0v) is 23.9. The lowest BCUT2D eigenvalue weighted by atomic mass is 10.0. The summed E-state index contributed by atoms with van der Waals surface area (Å²) in [7, 11) is 0. The van der Waals surface area contributed by atoms with E-state index in [4.69, 9.17) is 4.99 Å². The van der Waals surface area contributed by atoms with Crippen LogP contribution in [0.1, 0.15) is 168 Å². The molecular formula is C30H60N2S. The summed E-state index contributed by atoms with van der Waals surface area (Å²) in [5, 5.41) is 0.831. The Morgan fingerprint density at radius 2 is 1.15 bits per heavy atom. The summed E-state index contributed by atoms with van der Waals surface area (Å²) in [6.45, 7) is 9.19. The van der Waals surface area contributed by atoms with Crippen LogP contribution in [-0.2, 0) is 0 Å². The van der Waals surface area contributed by atoms with E-state index in [1.54, 1.807) is 0 Å². The van der Waals surface area contributed by atoms with Crippen molar-refractivity contribution in [2.45, 2.75) is 174 Å². The predicted molar refractivity (Wildman–Crippen MR) is 154 cm³/mol. The van der Waals surface area contributed by atoms with Crippen molar-refractivity contribution in [3.63, 3.8) is 0 Å². The van der Waals surface area contributed by atoms with Gasteiger partial charge >= 0.3 is 0 Å². The summed E-state index contributed by atoms with van der Waals surface area (Å²) in [5.41, 5.74) is 0. The van der Waals surface area contributed by atoms with Gasteiger partial charge in [0.25, 0.3) is 0 Å². The van der Waals surface area contributed by atoms with Gasteiger partial charge in [-0.2, -0.15) is 0 Å². The molecule has 1 aliphatic rings. The fraction of sp³-hybridized carbons (Fsp3) is 0.967. The quantitative estimate of drug-likeness (QED) is 0.0662. The van der Waals surface area contributed by atoms with E-state index in [1.807, 2.05) is 0 Å². The molecular weight excluding hydrogens is 420 g/mol. The second-order valence-corrected chi connectivity index (χ2v) is 11.8. The van der Waals surface area contributed by atoms with Crippen LogP contribution >= 0.6 is 11.9 Å². The molecule has 0 bridgehead atoms. The first kappa shape index (κ1) is 30.9. The van der Waals surface area contributed by atoms with E-state index >= 15 is 0 Å². The molecule has 0 aromatic heterocycles. The minimum absolute atomic E-state index is 0.831. The van der Waals surface area contributed by atoms with Gasteiger partial charge in [-0.3, -0.25) is 4.99 Å². The average Bonchev–Trinajstić information content (AvgIpc) is 2.84. The molecule has 0 unspecified atom stereocenters. The highest BCUT2D eigenvalue weighted by Crippen LogP contribution is 2.32. The summed E-state index contributed by atoms with van der Waals surface area (Å²) in [6.07, 6.45) is 31.9. The van der Waals surface area contributed by atoms with Crippen LogP contribution in [0.2, 0.25) is 0 Å². The van der Waals surface area contributed by atoms with Crippen LogP contribution in [0, 0.1) is 0 Å². The lowest BCUT2D eigenvalue weighted by Crippen LogP contribution is -2.29. The Hall–Kier alpha value is -0.180. The van der Waals surface area contributed by atoms with E-state index < -0.39 is 0 Å². The van der Waals surface area contributed by atoms with Crippen molar-refractivity contribution in [2.24, 2.45) is 4.99 Å². The molecule has 3 heteroatoms. The molecule has 0 radical (unpaired) electrons. The fourth-order valence-electron chi connectivity index (χ4n) is 4.94. The highest BCUT2D eigenvalue weighted by molar-refractivity contribution is 7.98. The van der Waals surface area contributed by atoms with Crippen LogP contribution in [0.15, 0.2) is 4.99 Å². The Kier molecular flexibility index (Phi) is 22.0. The first-order chi connectivity index (χ1) is 16.3. The molecule has 2 nitrogen and oxygen atoms in total. The van der Waals surface area contributed by atoms with Gasteiger partial charge in [0.15, 0.2) is 0 Å². The minimum atomic E-state index is 0.831. The maximum absolute atomic E-state index is 5.20. The third-order valence-electron chi connectivity index (χ3n) is 7.11. The summed E-state index contributed by atoms with van der Waals surface area (Å²) in [4.78, 5) is 5.20. The van der Waals surface area contributed by atoms with E-state index in [0.717, 1.165) is 18.2 Å². The third-order valence-corrected chi connectivity index (χ3v) is 8.53. The van der Waals surface area contributed by atoms with E-state index in [0.29, 0.717) is 0 Å². The number of unbranched alkanes of at least 4 members (excludes halogenated alkanes) is 14. The highest BCUT2D eigenvalue weighted by Gasteiger charge is 2.20. The number of aliphatic imine (C=N–C) groups is 1. The molecule has 0 aromatic rings. The van der Waals surface area contributed by atoms with Crippen LogP contribution in [0.5, 0.6) is 0 Å². The Morgan fingerprint density at radius 3 is 1.70 bits per heavy atom.